The SMILES string of the molecule is CO[C@@H]1CCCC[C@@H]1NC(=O)N[C@@H](C)CCSC. The van der Waals surface area contributed by atoms with E-state index in [0.717, 1.165) is 25.0 Å². The largest absolute Gasteiger partial charge is 0.379 e. The number of methoxy groups -OCH3 is 1. The molecule has 0 radical (unpaired) electrons. The van der Waals surface area contributed by atoms with E-state index in [2.05, 4.69) is 16.9 Å². The number of nitrogens with one attached hydrogen (secondary N) is 2. The Morgan fingerprint density at radius 1 is 1.44 bits per heavy atom. The summed E-state index contributed by atoms with van der Waals surface area (Å²) in [6.45, 7) is 2.05. The number of carbonyl (C=O) groups excluding carboxylic acids is 1. The lowest BCUT2D eigenvalue weighted by Crippen LogP contribution is -2.51. The van der Waals surface area contributed by atoms with E-state index < -0.39 is 0 Å². The average Bonchev–Trinajstić information content (AvgIpc) is 2.36. The number of ether oxygens (including phenoxy) is 1. The maximum absolute atomic E-state index is 11.9. The molecule has 0 aromatic rings. The molecule has 1 fully saturated rings. The molecule has 4 nitrogen and oxygen atoms in total. The number of urea groups is 1. The summed E-state index contributed by atoms with van der Waals surface area (Å²) >= 11 is 1.81. The molecule has 0 bridgehead atoms. The minimum atomic E-state index is -0.0578. The van der Waals surface area contributed by atoms with Crippen LogP contribution in [0.3, 0.4) is 0 Å². The Balaban J connectivity index is 2.29. The van der Waals surface area contributed by atoms with E-state index in [-0.39, 0.29) is 24.2 Å². The molecule has 5 heteroatoms. The van der Waals surface area contributed by atoms with Crippen LogP contribution in [0, 0.1) is 0 Å². The van der Waals surface area contributed by atoms with Gasteiger partial charge in [-0.15, -0.1) is 0 Å². The van der Waals surface area contributed by atoms with Crippen LogP contribution in [0.15, 0.2) is 0 Å². The van der Waals surface area contributed by atoms with Gasteiger partial charge < -0.3 is 15.4 Å². The molecule has 1 rings (SSSR count). The zero-order valence-corrected chi connectivity index (χ0v) is 12.5. The van der Waals surface area contributed by atoms with Crippen LogP contribution in [0.4, 0.5) is 4.79 Å². The summed E-state index contributed by atoms with van der Waals surface area (Å²) in [6.07, 6.45) is 7.69. The Bertz CT molecular complexity index is 251. The van der Waals surface area contributed by atoms with Gasteiger partial charge in [-0.2, -0.15) is 11.8 Å². The third-order valence-corrected chi connectivity index (χ3v) is 4.10. The maximum Gasteiger partial charge on any atom is 0.315 e. The van der Waals surface area contributed by atoms with E-state index in [4.69, 9.17) is 4.74 Å². The van der Waals surface area contributed by atoms with Crippen molar-refractivity contribution in [1.29, 1.82) is 0 Å². The molecule has 0 aromatic heterocycles. The third-order valence-electron chi connectivity index (χ3n) is 3.45. The number of hydrogen-bond acceptors (Lipinski definition) is 3. The van der Waals surface area contributed by atoms with E-state index in [1.165, 1.54) is 12.8 Å². The first-order valence-electron chi connectivity index (χ1n) is 6.76. The molecule has 0 aliphatic heterocycles. The van der Waals surface area contributed by atoms with Crippen molar-refractivity contribution in [2.75, 3.05) is 19.1 Å². The van der Waals surface area contributed by atoms with E-state index >= 15 is 0 Å². The van der Waals surface area contributed by atoms with Gasteiger partial charge in [0.25, 0.3) is 0 Å². The summed E-state index contributed by atoms with van der Waals surface area (Å²) in [5, 5.41) is 6.03. The van der Waals surface area contributed by atoms with Crippen LogP contribution in [0.25, 0.3) is 0 Å². The Morgan fingerprint density at radius 2 is 2.17 bits per heavy atom. The first-order valence-corrected chi connectivity index (χ1v) is 8.15. The molecule has 3 atom stereocenters. The molecule has 0 spiro atoms. The van der Waals surface area contributed by atoms with Crippen LogP contribution in [-0.4, -0.2) is 43.3 Å². The lowest BCUT2D eigenvalue weighted by molar-refractivity contribution is 0.0451. The Hall–Kier alpha value is -0.420. The molecular formula is C13H26N2O2S. The average molecular weight is 274 g/mol. The van der Waals surface area contributed by atoms with Gasteiger partial charge in [0.2, 0.25) is 0 Å². The minimum absolute atomic E-state index is 0.0578. The van der Waals surface area contributed by atoms with Gasteiger partial charge in [-0.05, 0) is 38.2 Å². The van der Waals surface area contributed by atoms with E-state index in [9.17, 15) is 4.79 Å². The highest BCUT2D eigenvalue weighted by Crippen LogP contribution is 2.20. The highest BCUT2D eigenvalue weighted by molar-refractivity contribution is 7.98. The fourth-order valence-electron chi connectivity index (χ4n) is 2.34. The van der Waals surface area contributed by atoms with Gasteiger partial charge in [0, 0.05) is 13.2 Å². The van der Waals surface area contributed by atoms with Crippen LogP contribution in [-0.2, 0) is 4.74 Å². The predicted octanol–water partition coefficient (Wildman–Crippen LogP) is 2.38. The van der Waals surface area contributed by atoms with Crippen LogP contribution < -0.4 is 10.6 Å². The number of carbonyl (C=O) groups is 1. The molecule has 18 heavy (non-hydrogen) atoms. The molecule has 2 N–H and O–H groups in total. The zero-order chi connectivity index (χ0) is 13.4. The van der Waals surface area contributed by atoms with Crippen molar-refractivity contribution in [3.05, 3.63) is 0 Å². The number of thioether (sulfide) groups is 1. The lowest BCUT2D eigenvalue weighted by atomic mass is 9.92. The van der Waals surface area contributed by atoms with Crippen LogP contribution in [0.5, 0.6) is 0 Å². The monoisotopic (exact) mass is 274 g/mol. The Morgan fingerprint density at radius 3 is 2.83 bits per heavy atom. The summed E-state index contributed by atoms with van der Waals surface area (Å²) in [4.78, 5) is 11.9. The standard InChI is InChI=1S/C13H26N2O2S/c1-10(8-9-18-3)14-13(16)15-11-6-4-5-7-12(11)17-2/h10-12H,4-9H2,1-3H3,(H2,14,15,16)/t10-,11-,12+/m0/s1. The van der Waals surface area contributed by atoms with Gasteiger partial charge in [-0.25, -0.2) is 4.79 Å². The molecule has 2 amide bonds. The minimum Gasteiger partial charge on any atom is -0.379 e. The van der Waals surface area contributed by atoms with Crippen LogP contribution in [0.2, 0.25) is 0 Å². The van der Waals surface area contributed by atoms with Crippen molar-refractivity contribution < 1.29 is 9.53 Å². The second-order valence-electron chi connectivity index (χ2n) is 4.97. The normalized spacial score (nSPS) is 25.5. The van der Waals surface area contributed by atoms with Crippen molar-refractivity contribution in [3.8, 4) is 0 Å². The zero-order valence-electron chi connectivity index (χ0n) is 11.7. The first-order chi connectivity index (χ1) is 8.67. The van der Waals surface area contributed by atoms with Gasteiger partial charge in [0.15, 0.2) is 0 Å². The van der Waals surface area contributed by atoms with Gasteiger partial charge in [0.05, 0.1) is 12.1 Å². The Labute approximate surface area is 115 Å². The summed E-state index contributed by atoms with van der Waals surface area (Å²) in [7, 11) is 1.73. The lowest BCUT2D eigenvalue weighted by Gasteiger charge is -2.31. The highest BCUT2D eigenvalue weighted by Gasteiger charge is 2.26. The second-order valence-corrected chi connectivity index (χ2v) is 5.95. The second kappa shape index (κ2) is 8.64. The molecule has 106 valence electrons. The predicted molar refractivity (Wildman–Crippen MR) is 77.2 cm³/mol. The van der Waals surface area contributed by atoms with Gasteiger partial charge in [0.1, 0.15) is 0 Å². The first kappa shape index (κ1) is 15.6. The summed E-state index contributed by atoms with van der Waals surface area (Å²) in [5.41, 5.74) is 0. The molecule has 1 saturated carbocycles. The quantitative estimate of drug-likeness (QED) is 0.782. The molecule has 0 aromatic carbocycles. The molecule has 0 saturated heterocycles. The number of hydrogen-bond donors (Lipinski definition) is 2. The molecule has 0 heterocycles. The van der Waals surface area contributed by atoms with Gasteiger partial charge >= 0.3 is 6.03 Å². The molecule has 1 aliphatic carbocycles. The number of amides is 2. The smallest absolute Gasteiger partial charge is 0.315 e. The summed E-state index contributed by atoms with van der Waals surface area (Å²) < 4.78 is 5.43. The highest BCUT2D eigenvalue weighted by atomic mass is 32.2. The topological polar surface area (TPSA) is 50.4 Å². The summed E-state index contributed by atoms with van der Waals surface area (Å²) in [5.74, 6) is 1.07. The maximum atomic E-state index is 11.9. The van der Waals surface area contributed by atoms with Crippen LogP contribution in [0.1, 0.15) is 39.0 Å². The molecule has 1 aliphatic rings. The fraction of sp³-hybridized carbons (Fsp3) is 0.923. The van der Waals surface area contributed by atoms with E-state index in [1.807, 2.05) is 6.92 Å². The molecular weight excluding hydrogens is 248 g/mol. The van der Waals surface area contributed by atoms with Gasteiger partial charge in [-0.3, -0.25) is 0 Å². The van der Waals surface area contributed by atoms with E-state index in [0.29, 0.717) is 0 Å². The number of rotatable bonds is 6. The van der Waals surface area contributed by atoms with Crippen molar-refractivity contribution in [3.63, 3.8) is 0 Å². The van der Waals surface area contributed by atoms with Crippen molar-refractivity contribution in [1.82, 2.24) is 10.6 Å². The Kier molecular flexibility index (Phi) is 7.51. The third kappa shape index (κ3) is 5.48. The molecule has 0 unspecified atom stereocenters. The van der Waals surface area contributed by atoms with Gasteiger partial charge in [-0.1, -0.05) is 12.8 Å². The fourth-order valence-corrected chi connectivity index (χ4v) is 2.93. The van der Waals surface area contributed by atoms with Crippen molar-refractivity contribution >= 4 is 17.8 Å². The van der Waals surface area contributed by atoms with Crippen molar-refractivity contribution in [2.24, 2.45) is 0 Å². The van der Waals surface area contributed by atoms with Crippen LogP contribution >= 0.6 is 11.8 Å². The van der Waals surface area contributed by atoms with E-state index in [1.54, 1.807) is 18.9 Å². The summed E-state index contributed by atoms with van der Waals surface area (Å²) in [6, 6.07) is 0.330. The van der Waals surface area contributed by atoms with Crippen molar-refractivity contribution in [2.45, 2.75) is 57.2 Å².